The number of rotatable bonds is 9. The summed E-state index contributed by atoms with van der Waals surface area (Å²) in [5.74, 6) is 9.68. The van der Waals surface area contributed by atoms with Gasteiger partial charge in [-0.05, 0) is 72.5 Å². The molecule has 3 aliphatic rings. The second kappa shape index (κ2) is 8.13. The van der Waals surface area contributed by atoms with E-state index < -0.39 is 0 Å². The van der Waals surface area contributed by atoms with Crippen molar-refractivity contribution < 1.29 is 0 Å². The molecule has 0 saturated heterocycles. The van der Waals surface area contributed by atoms with Crippen LogP contribution < -0.4 is 0 Å². The van der Waals surface area contributed by atoms with Crippen molar-refractivity contribution in [1.29, 1.82) is 0 Å². The van der Waals surface area contributed by atoms with Crippen LogP contribution in [-0.4, -0.2) is 0 Å². The molecule has 0 heteroatoms. The fourth-order valence-electron chi connectivity index (χ4n) is 7.24. The van der Waals surface area contributed by atoms with Gasteiger partial charge in [-0.3, -0.25) is 0 Å². The first-order chi connectivity index (χ1) is 11.6. The van der Waals surface area contributed by atoms with Crippen molar-refractivity contribution in [3.63, 3.8) is 0 Å². The monoisotopic (exact) mass is 332 g/mol. The van der Waals surface area contributed by atoms with Gasteiger partial charge in [-0.1, -0.05) is 79.6 Å². The average Bonchev–Trinajstić information content (AvgIpc) is 3.28. The molecule has 140 valence electrons. The molecule has 24 heavy (non-hydrogen) atoms. The highest BCUT2D eigenvalue weighted by Crippen LogP contribution is 2.67. The first-order valence-electron chi connectivity index (χ1n) is 11.6. The molecule has 0 heterocycles. The lowest BCUT2D eigenvalue weighted by Gasteiger charge is -2.43. The van der Waals surface area contributed by atoms with E-state index in [1.807, 2.05) is 0 Å². The molecule has 0 N–H and O–H groups in total. The summed E-state index contributed by atoms with van der Waals surface area (Å²) in [4.78, 5) is 0. The Kier molecular flexibility index (Phi) is 6.36. The maximum Gasteiger partial charge on any atom is -0.0323 e. The van der Waals surface area contributed by atoms with Gasteiger partial charge in [0, 0.05) is 0 Å². The highest BCUT2D eigenvalue weighted by atomic mass is 14.6. The Bertz CT molecular complexity index is 385. The van der Waals surface area contributed by atoms with Gasteiger partial charge in [0.05, 0.1) is 0 Å². The zero-order valence-electron chi connectivity index (χ0n) is 17.3. The van der Waals surface area contributed by atoms with Crippen LogP contribution >= 0.6 is 0 Å². The summed E-state index contributed by atoms with van der Waals surface area (Å²) in [5, 5.41) is 0. The lowest BCUT2D eigenvalue weighted by atomic mass is 9.61. The third kappa shape index (κ3) is 3.59. The number of fused-ring (bicyclic) bond motifs is 2. The first-order valence-corrected chi connectivity index (χ1v) is 11.6. The van der Waals surface area contributed by atoms with Gasteiger partial charge in [0.15, 0.2) is 0 Å². The summed E-state index contributed by atoms with van der Waals surface area (Å²) in [5.41, 5.74) is 0. The summed E-state index contributed by atoms with van der Waals surface area (Å²) in [7, 11) is 0. The highest BCUT2D eigenvalue weighted by molar-refractivity contribution is 5.08. The van der Waals surface area contributed by atoms with Crippen LogP contribution in [0.25, 0.3) is 0 Å². The van der Waals surface area contributed by atoms with Crippen molar-refractivity contribution in [1.82, 2.24) is 0 Å². The summed E-state index contributed by atoms with van der Waals surface area (Å²) in [6.45, 7) is 12.4. The van der Waals surface area contributed by atoms with E-state index in [0.717, 1.165) is 53.3 Å². The second-order valence-electron chi connectivity index (χ2n) is 9.95. The number of hydrogen-bond acceptors (Lipinski definition) is 0. The minimum absolute atomic E-state index is 0.943. The predicted octanol–water partition coefficient (Wildman–Crippen LogP) is 7.57. The zero-order chi connectivity index (χ0) is 17.3. The van der Waals surface area contributed by atoms with Crippen molar-refractivity contribution in [3.05, 3.63) is 0 Å². The lowest BCUT2D eigenvalue weighted by Crippen LogP contribution is -2.38. The van der Waals surface area contributed by atoms with Gasteiger partial charge in [0.1, 0.15) is 0 Å². The summed E-state index contributed by atoms with van der Waals surface area (Å²) >= 11 is 0. The van der Waals surface area contributed by atoms with Crippen LogP contribution in [0.3, 0.4) is 0 Å². The van der Waals surface area contributed by atoms with E-state index in [-0.39, 0.29) is 0 Å². The first kappa shape index (κ1) is 18.8. The smallest absolute Gasteiger partial charge is 0.0323 e. The fraction of sp³-hybridized carbons (Fsp3) is 1.00. The van der Waals surface area contributed by atoms with Gasteiger partial charge in [-0.25, -0.2) is 0 Å². The summed E-state index contributed by atoms with van der Waals surface area (Å²) in [6.07, 6.45) is 15.0. The quantitative estimate of drug-likeness (QED) is 0.382. The maximum atomic E-state index is 2.62. The van der Waals surface area contributed by atoms with E-state index >= 15 is 0 Å². The van der Waals surface area contributed by atoms with E-state index in [0.29, 0.717) is 0 Å². The van der Waals surface area contributed by atoms with Crippen LogP contribution in [0.15, 0.2) is 0 Å². The Labute approximate surface area is 152 Å². The van der Waals surface area contributed by atoms with E-state index in [9.17, 15) is 0 Å². The van der Waals surface area contributed by atoms with Gasteiger partial charge >= 0.3 is 0 Å². The molecule has 0 amide bonds. The molecule has 3 saturated carbocycles. The average molecular weight is 333 g/mol. The standard InChI is InChI=1S/C24H44/c1-6-16(4)11-9-10-12-18(7-2)24-20-14-13-19(8-3)23(20)17(5)21-15-22(21)24/h16-24H,6-15H2,1-5H3. The fourth-order valence-corrected chi connectivity index (χ4v) is 7.24. The van der Waals surface area contributed by atoms with Gasteiger partial charge in [-0.15, -0.1) is 0 Å². The Hall–Kier alpha value is 0. The van der Waals surface area contributed by atoms with Gasteiger partial charge in [-0.2, -0.15) is 0 Å². The molecule has 3 fully saturated rings. The van der Waals surface area contributed by atoms with E-state index in [1.54, 1.807) is 19.3 Å². The Morgan fingerprint density at radius 3 is 2.29 bits per heavy atom. The third-order valence-electron chi connectivity index (χ3n) is 8.88. The van der Waals surface area contributed by atoms with Crippen molar-refractivity contribution in [2.45, 2.75) is 98.8 Å². The molecule has 9 atom stereocenters. The predicted molar refractivity (Wildman–Crippen MR) is 106 cm³/mol. The molecule has 9 unspecified atom stereocenters. The molecular weight excluding hydrogens is 288 g/mol. The van der Waals surface area contributed by atoms with Gasteiger partial charge in [0.2, 0.25) is 0 Å². The molecule has 0 radical (unpaired) electrons. The third-order valence-corrected chi connectivity index (χ3v) is 8.88. The largest absolute Gasteiger partial charge is 0.0651 e. The Balaban J connectivity index is 1.59. The van der Waals surface area contributed by atoms with Gasteiger partial charge in [0.25, 0.3) is 0 Å². The molecule has 0 aromatic rings. The lowest BCUT2D eigenvalue weighted by molar-refractivity contribution is 0.0451. The molecule has 0 aromatic heterocycles. The summed E-state index contributed by atoms with van der Waals surface area (Å²) in [6, 6.07) is 0. The van der Waals surface area contributed by atoms with Crippen LogP contribution in [0.2, 0.25) is 0 Å². The molecule has 3 rings (SSSR count). The number of hydrogen-bond donors (Lipinski definition) is 0. The van der Waals surface area contributed by atoms with Crippen LogP contribution in [0.4, 0.5) is 0 Å². The highest BCUT2D eigenvalue weighted by Gasteiger charge is 2.60. The van der Waals surface area contributed by atoms with Crippen molar-refractivity contribution in [2.24, 2.45) is 53.3 Å². The van der Waals surface area contributed by atoms with E-state index in [2.05, 4.69) is 34.6 Å². The van der Waals surface area contributed by atoms with Crippen LogP contribution in [0, 0.1) is 53.3 Å². The van der Waals surface area contributed by atoms with E-state index in [1.165, 1.54) is 44.9 Å². The topological polar surface area (TPSA) is 0 Å². The van der Waals surface area contributed by atoms with Crippen molar-refractivity contribution in [3.8, 4) is 0 Å². The van der Waals surface area contributed by atoms with Crippen LogP contribution in [0.1, 0.15) is 98.8 Å². The minimum atomic E-state index is 0.943. The normalized spacial score (nSPS) is 43.1. The van der Waals surface area contributed by atoms with Gasteiger partial charge < -0.3 is 0 Å². The molecule has 0 spiro atoms. The molecule has 0 aromatic carbocycles. The van der Waals surface area contributed by atoms with Crippen molar-refractivity contribution >= 4 is 0 Å². The molecule has 0 aliphatic heterocycles. The van der Waals surface area contributed by atoms with E-state index in [4.69, 9.17) is 0 Å². The molecule has 0 nitrogen and oxygen atoms in total. The van der Waals surface area contributed by atoms with Crippen LogP contribution in [-0.2, 0) is 0 Å². The van der Waals surface area contributed by atoms with Crippen LogP contribution in [0.5, 0.6) is 0 Å². The molecule has 3 aliphatic carbocycles. The number of unbranched alkanes of at least 4 members (excludes halogenated alkanes) is 1. The SMILES string of the molecule is CCC(C)CCCCC(CC)C1C2CC2C(C)C2C(CC)CCC21. The zero-order valence-corrected chi connectivity index (χ0v) is 17.3. The minimum Gasteiger partial charge on any atom is -0.0651 e. The molecular formula is C24H44. The Morgan fingerprint density at radius 1 is 0.875 bits per heavy atom. The second-order valence-corrected chi connectivity index (χ2v) is 9.95. The molecule has 0 bridgehead atoms. The Morgan fingerprint density at radius 2 is 1.62 bits per heavy atom. The van der Waals surface area contributed by atoms with Crippen molar-refractivity contribution in [2.75, 3.05) is 0 Å². The summed E-state index contributed by atoms with van der Waals surface area (Å²) < 4.78 is 0. The maximum absolute atomic E-state index is 2.62.